The molecule has 1 aliphatic heterocycles. The van der Waals surface area contributed by atoms with E-state index < -0.39 is 0 Å². The highest BCUT2D eigenvalue weighted by Gasteiger charge is 2.12. The summed E-state index contributed by atoms with van der Waals surface area (Å²) < 4.78 is 5.01. The lowest BCUT2D eigenvalue weighted by atomic mass is 10.1. The molecule has 15 heavy (non-hydrogen) atoms. The van der Waals surface area contributed by atoms with Crippen molar-refractivity contribution in [3.05, 3.63) is 18.3 Å². The molecule has 0 saturated carbocycles. The first-order valence-corrected chi connectivity index (χ1v) is 5.36. The van der Waals surface area contributed by atoms with Crippen LogP contribution in [-0.2, 0) is 0 Å². The van der Waals surface area contributed by atoms with E-state index in [0.717, 1.165) is 18.8 Å². The van der Waals surface area contributed by atoms with E-state index >= 15 is 0 Å². The second kappa shape index (κ2) is 4.98. The van der Waals surface area contributed by atoms with Crippen molar-refractivity contribution in [2.24, 2.45) is 0 Å². The summed E-state index contributed by atoms with van der Waals surface area (Å²) in [7, 11) is 1.63. The number of nitrogens with zero attached hydrogens (tertiary/aromatic N) is 1. The molecule has 1 saturated heterocycles. The molecule has 1 aromatic heterocycles. The molecule has 2 rings (SSSR count). The van der Waals surface area contributed by atoms with Crippen molar-refractivity contribution >= 4 is 5.69 Å². The van der Waals surface area contributed by atoms with E-state index in [4.69, 9.17) is 4.74 Å². The van der Waals surface area contributed by atoms with E-state index in [-0.39, 0.29) is 0 Å². The lowest BCUT2D eigenvalue weighted by Gasteiger charge is -2.24. The number of rotatable bonds is 3. The molecule has 0 bridgehead atoms. The molecule has 0 radical (unpaired) electrons. The van der Waals surface area contributed by atoms with Crippen molar-refractivity contribution in [1.82, 2.24) is 10.3 Å². The van der Waals surface area contributed by atoms with Gasteiger partial charge in [-0.3, -0.25) is 0 Å². The summed E-state index contributed by atoms with van der Waals surface area (Å²) in [5.41, 5.74) is 1.06. The molecule has 1 fully saturated rings. The number of anilines is 1. The average Bonchev–Trinajstić information content (AvgIpc) is 2.31. The van der Waals surface area contributed by atoms with Crippen LogP contribution < -0.4 is 15.4 Å². The van der Waals surface area contributed by atoms with Gasteiger partial charge in [0, 0.05) is 18.7 Å². The molecule has 82 valence electrons. The smallest absolute Gasteiger partial charge is 0.213 e. The third kappa shape index (κ3) is 2.83. The number of aromatic nitrogens is 1. The number of hydrogen-bond donors (Lipinski definition) is 2. The minimum atomic E-state index is 0.522. The van der Waals surface area contributed by atoms with E-state index in [1.807, 2.05) is 18.3 Å². The Morgan fingerprint density at radius 2 is 2.47 bits per heavy atom. The van der Waals surface area contributed by atoms with E-state index in [1.165, 1.54) is 12.8 Å². The monoisotopic (exact) mass is 207 g/mol. The standard InChI is InChI=1S/C11H17N3O/c1-15-11-5-4-10(8-13-11)14-9-3-2-6-12-7-9/h4-5,8-9,12,14H,2-3,6-7H2,1H3. The molecule has 1 unspecified atom stereocenters. The Bertz CT molecular complexity index is 293. The Morgan fingerprint density at radius 1 is 1.53 bits per heavy atom. The molecule has 2 heterocycles. The van der Waals surface area contributed by atoms with Crippen LogP contribution in [0.15, 0.2) is 18.3 Å². The van der Waals surface area contributed by atoms with Gasteiger partial charge in [0.2, 0.25) is 5.88 Å². The molecule has 2 N–H and O–H groups in total. The normalized spacial score (nSPS) is 21.0. The van der Waals surface area contributed by atoms with Crippen molar-refractivity contribution in [3.63, 3.8) is 0 Å². The highest BCUT2D eigenvalue weighted by molar-refractivity contribution is 5.43. The highest BCUT2D eigenvalue weighted by atomic mass is 16.5. The first-order chi connectivity index (χ1) is 7.38. The highest BCUT2D eigenvalue weighted by Crippen LogP contribution is 2.14. The predicted molar refractivity (Wildman–Crippen MR) is 60.3 cm³/mol. The van der Waals surface area contributed by atoms with Crippen LogP contribution in [0.4, 0.5) is 5.69 Å². The lowest BCUT2D eigenvalue weighted by Crippen LogP contribution is -2.38. The SMILES string of the molecule is COc1ccc(NC2CCCNC2)cn1. The fraction of sp³-hybridized carbons (Fsp3) is 0.545. The van der Waals surface area contributed by atoms with Crippen LogP contribution in [0.2, 0.25) is 0 Å². The molecule has 0 spiro atoms. The molecular weight excluding hydrogens is 190 g/mol. The Morgan fingerprint density at radius 3 is 3.07 bits per heavy atom. The van der Waals surface area contributed by atoms with Crippen molar-refractivity contribution in [1.29, 1.82) is 0 Å². The van der Waals surface area contributed by atoms with Crippen LogP contribution in [0.1, 0.15) is 12.8 Å². The second-order valence-electron chi connectivity index (χ2n) is 3.78. The Kier molecular flexibility index (Phi) is 3.40. The maximum atomic E-state index is 5.01. The maximum absolute atomic E-state index is 5.01. The van der Waals surface area contributed by atoms with E-state index in [0.29, 0.717) is 11.9 Å². The van der Waals surface area contributed by atoms with Gasteiger partial charge in [-0.25, -0.2) is 4.98 Å². The number of piperidine rings is 1. The molecule has 1 atom stereocenters. The zero-order valence-electron chi connectivity index (χ0n) is 8.99. The summed E-state index contributed by atoms with van der Waals surface area (Å²) in [5.74, 6) is 0.655. The summed E-state index contributed by atoms with van der Waals surface area (Å²) in [5, 5.41) is 6.82. The van der Waals surface area contributed by atoms with Crippen LogP contribution >= 0.6 is 0 Å². The molecule has 4 nitrogen and oxygen atoms in total. The molecular formula is C11H17N3O. The minimum Gasteiger partial charge on any atom is -0.481 e. The van der Waals surface area contributed by atoms with Gasteiger partial charge in [0.1, 0.15) is 0 Å². The zero-order valence-corrected chi connectivity index (χ0v) is 8.99. The van der Waals surface area contributed by atoms with Gasteiger partial charge in [-0.05, 0) is 25.5 Å². The van der Waals surface area contributed by atoms with Gasteiger partial charge in [-0.15, -0.1) is 0 Å². The van der Waals surface area contributed by atoms with Crippen molar-refractivity contribution in [3.8, 4) is 5.88 Å². The predicted octanol–water partition coefficient (Wildman–Crippen LogP) is 1.25. The van der Waals surface area contributed by atoms with Gasteiger partial charge in [-0.2, -0.15) is 0 Å². The third-order valence-electron chi connectivity index (χ3n) is 2.61. The van der Waals surface area contributed by atoms with E-state index in [2.05, 4.69) is 15.6 Å². The topological polar surface area (TPSA) is 46.2 Å². The van der Waals surface area contributed by atoms with Gasteiger partial charge in [0.05, 0.1) is 19.0 Å². The Labute approximate surface area is 90.0 Å². The number of pyridine rings is 1. The first kappa shape index (κ1) is 10.2. The van der Waals surface area contributed by atoms with Gasteiger partial charge < -0.3 is 15.4 Å². The molecule has 1 aromatic rings. The molecule has 0 aliphatic carbocycles. The number of hydrogen-bond acceptors (Lipinski definition) is 4. The number of ether oxygens (including phenoxy) is 1. The summed E-state index contributed by atoms with van der Waals surface area (Å²) in [6.45, 7) is 2.17. The molecule has 1 aliphatic rings. The van der Waals surface area contributed by atoms with E-state index in [9.17, 15) is 0 Å². The van der Waals surface area contributed by atoms with Gasteiger partial charge in [0.15, 0.2) is 0 Å². The second-order valence-corrected chi connectivity index (χ2v) is 3.78. The molecule has 0 aromatic carbocycles. The summed E-state index contributed by atoms with van der Waals surface area (Å²) >= 11 is 0. The largest absolute Gasteiger partial charge is 0.481 e. The van der Waals surface area contributed by atoms with Crippen LogP contribution in [-0.4, -0.2) is 31.2 Å². The Hall–Kier alpha value is -1.29. The zero-order chi connectivity index (χ0) is 10.5. The van der Waals surface area contributed by atoms with Gasteiger partial charge in [0.25, 0.3) is 0 Å². The summed E-state index contributed by atoms with van der Waals surface area (Å²) in [6.07, 6.45) is 4.27. The number of methoxy groups -OCH3 is 1. The van der Waals surface area contributed by atoms with E-state index in [1.54, 1.807) is 7.11 Å². The fourth-order valence-electron chi connectivity index (χ4n) is 1.80. The Balaban J connectivity index is 1.91. The van der Waals surface area contributed by atoms with Crippen LogP contribution in [0.25, 0.3) is 0 Å². The van der Waals surface area contributed by atoms with Crippen LogP contribution in [0.3, 0.4) is 0 Å². The minimum absolute atomic E-state index is 0.522. The van der Waals surface area contributed by atoms with Crippen molar-refractivity contribution < 1.29 is 4.74 Å². The van der Waals surface area contributed by atoms with Gasteiger partial charge in [-0.1, -0.05) is 0 Å². The number of nitrogens with one attached hydrogen (secondary N) is 2. The maximum Gasteiger partial charge on any atom is 0.213 e. The quantitative estimate of drug-likeness (QED) is 0.783. The summed E-state index contributed by atoms with van der Waals surface area (Å²) in [6, 6.07) is 4.40. The van der Waals surface area contributed by atoms with Crippen LogP contribution in [0, 0.1) is 0 Å². The third-order valence-corrected chi connectivity index (χ3v) is 2.61. The first-order valence-electron chi connectivity index (χ1n) is 5.36. The van der Waals surface area contributed by atoms with Crippen molar-refractivity contribution in [2.75, 3.05) is 25.5 Å². The lowest BCUT2D eigenvalue weighted by molar-refractivity contribution is 0.398. The molecule has 4 heteroatoms. The van der Waals surface area contributed by atoms with Gasteiger partial charge >= 0.3 is 0 Å². The summed E-state index contributed by atoms with van der Waals surface area (Å²) in [4.78, 5) is 4.16. The van der Waals surface area contributed by atoms with Crippen molar-refractivity contribution in [2.45, 2.75) is 18.9 Å². The average molecular weight is 207 g/mol. The molecule has 0 amide bonds. The van der Waals surface area contributed by atoms with Crippen LogP contribution in [0.5, 0.6) is 5.88 Å². The fourth-order valence-corrected chi connectivity index (χ4v) is 1.80.